The number of H-pyrrole nitrogens is 1. The summed E-state index contributed by atoms with van der Waals surface area (Å²) in [6, 6.07) is 22.2. The predicted molar refractivity (Wildman–Crippen MR) is 143 cm³/mol. The van der Waals surface area contributed by atoms with Crippen LogP contribution in [0, 0.1) is 0 Å². The highest BCUT2D eigenvalue weighted by Crippen LogP contribution is 2.32. The molecule has 8 heteroatoms. The van der Waals surface area contributed by atoms with Crippen LogP contribution in [0.25, 0.3) is 22.2 Å². The van der Waals surface area contributed by atoms with Gasteiger partial charge in [-0.3, -0.25) is 14.4 Å². The molecule has 0 unspecified atom stereocenters. The van der Waals surface area contributed by atoms with Crippen molar-refractivity contribution in [1.82, 2.24) is 9.88 Å². The number of aromatic nitrogens is 1. The maximum atomic E-state index is 12.5. The van der Waals surface area contributed by atoms with Crippen molar-refractivity contribution in [2.24, 2.45) is 0 Å². The number of anilines is 1. The fourth-order valence-electron chi connectivity index (χ4n) is 4.06. The van der Waals surface area contributed by atoms with E-state index in [1.54, 1.807) is 45.5 Å². The average molecular weight is 500 g/mol. The molecule has 1 aromatic heterocycles. The first-order chi connectivity index (χ1) is 17.9. The number of rotatable bonds is 9. The molecule has 0 saturated heterocycles. The first-order valence-corrected chi connectivity index (χ1v) is 11.9. The third-order valence-corrected chi connectivity index (χ3v) is 5.96. The van der Waals surface area contributed by atoms with Crippen molar-refractivity contribution in [2.75, 3.05) is 33.1 Å². The number of hydrogen-bond donors (Lipinski definition) is 2. The zero-order chi connectivity index (χ0) is 26.4. The Labute approximate surface area is 215 Å². The number of aromatic amines is 1. The second-order valence-electron chi connectivity index (χ2n) is 8.74. The highest BCUT2D eigenvalue weighted by atomic mass is 16.5. The van der Waals surface area contributed by atoms with Gasteiger partial charge in [-0.1, -0.05) is 18.2 Å². The smallest absolute Gasteiger partial charge is 0.306 e. The summed E-state index contributed by atoms with van der Waals surface area (Å²) in [5.41, 5.74) is 4.94. The fraction of sp³-hybridized carbons (Fsp3) is 0.207. The number of methoxy groups -OCH3 is 1. The van der Waals surface area contributed by atoms with Gasteiger partial charge in [-0.05, 0) is 72.1 Å². The molecule has 1 heterocycles. The van der Waals surface area contributed by atoms with E-state index in [0.29, 0.717) is 17.7 Å². The van der Waals surface area contributed by atoms with Crippen molar-refractivity contribution in [3.8, 4) is 17.0 Å². The van der Waals surface area contributed by atoms with Crippen molar-refractivity contribution in [3.05, 3.63) is 83.9 Å². The topological polar surface area (TPSA) is 101 Å². The van der Waals surface area contributed by atoms with E-state index in [2.05, 4.69) is 10.3 Å². The number of hydrogen-bond acceptors (Lipinski definition) is 5. The van der Waals surface area contributed by atoms with Crippen LogP contribution in [-0.4, -0.2) is 55.5 Å². The van der Waals surface area contributed by atoms with Crippen LogP contribution in [0.2, 0.25) is 0 Å². The molecule has 4 rings (SSSR count). The number of esters is 1. The van der Waals surface area contributed by atoms with E-state index in [0.717, 1.165) is 33.5 Å². The van der Waals surface area contributed by atoms with Gasteiger partial charge in [0.1, 0.15) is 5.75 Å². The van der Waals surface area contributed by atoms with E-state index in [4.69, 9.17) is 9.47 Å². The van der Waals surface area contributed by atoms with Gasteiger partial charge in [-0.25, -0.2) is 0 Å². The molecule has 0 aliphatic heterocycles. The van der Waals surface area contributed by atoms with E-state index in [1.165, 1.54) is 4.90 Å². The van der Waals surface area contributed by atoms with E-state index >= 15 is 0 Å². The van der Waals surface area contributed by atoms with Gasteiger partial charge in [0.25, 0.3) is 11.8 Å². The zero-order valence-corrected chi connectivity index (χ0v) is 21.0. The lowest BCUT2D eigenvalue weighted by Crippen LogP contribution is -2.22. The van der Waals surface area contributed by atoms with Gasteiger partial charge in [0, 0.05) is 48.4 Å². The molecule has 37 heavy (non-hydrogen) atoms. The lowest BCUT2D eigenvalue weighted by molar-refractivity contribution is -0.147. The molecule has 8 nitrogen and oxygen atoms in total. The number of nitrogens with one attached hydrogen (secondary N) is 2. The molecule has 190 valence electrons. The molecule has 0 radical (unpaired) electrons. The van der Waals surface area contributed by atoms with E-state index in [1.807, 2.05) is 48.5 Å². The summed E-state index contributed by atoms with van der Waals surface area (Å²) in [5.74, 6) is -0.280. The van der Waals surface area contributed by atoms with E-state index in [9.17, 15) is 14.4 Å². The average Bonchev–Trinajstić information content (AvgIpc) is 3.29. The van der Waals surface area contributed by atoms with Crippen LogP contribution in [0.15, 0.2) is 72.8 Å². The van der Waals surface area contributed by atoms with Crippen LogP contribution < -0.4 is 10.1 Å². The summed E-state index contributed by atoms with van der Waals surface area (Å²) in [6.07, 6.45) is 0.576. The minimum absolute atomic E-state index is 0.125. The maximum absolute atomic E-state index is 12.5. The number of amides is 2. The van der Waals surface area contributed by atoms with Crippen molar-refractivity contribution in [1.29, 1.82) is 0 Å². The minimum atomic E-state index is -0.465. The van der Waals surface area contributed by atoms with Crippen LogP contribution in [0.1, 0.15) is 22.3 Å². The predicted octanol–water partition coefficient (Wildman–Crippen LogP) is 4.66. The van der Waals surface area contributed by atoms with E-state index < -0.39 is 18.5 Å². The van der Waals surface area contributed by atoms with Crippen molar-refractivity contribution in [3.63, 3.8) is 0 Å². The lowest BCUT2D eigenvalue weighted by atomic mass is 10.0. The highest BCUT2D eigenvalue weighted by molar-refractivity contribution is 5.96. The third kappa shape index (κ3) is 6.16. The highest BCUT2D eigenvalue weighted by Gasteiger charge is 2.16. The number of para-hydroxylation sites is 1. The standard InChI is InChI=1S/C29H29N3O5/c1-32(2)29(35)20-8-12-21(13-9-20)30-26(33)18-37-27(34)17-16-24-23-6-4-5-7-25(23)31-28(24)19-10-14-22(36-3)15-11-19/h4-15,31H,16-18H2,1-3H3,(H,30,33). The Kier molecular flexibility index (Phi) is 7.88. The van der Waals surface area contributed by atoms with Crippen LogP contribution in [0.3, 0.4) is 0 Å². The molecule has 3 aromatic carbocycles. The molecule has 0 aliphatic carbocycles. The summed E-state index contributed by atoms with van der Waals surface area (Å²) in [6.45, 7) is -0.392. The number of fused-ring (bicyclic) bond motifs is 1. The summed E-state index contributed by atoms with van der Waals surface area (Å²) in [5, 5.41) is 3.71. The number of aryl methyl sites for hydroxylation is 1. The third-order valence-electron chi connectivity index (χ3n) is 5.96. The summed E-state index contributed by atoms with van der Waals surface area (Å²) >= 11 is 0. The Balaban J connectivity index is 1.36. The number of carbonyl (C=O) groups is 3. The zero-order valence-electron chi connectivity index (χ0n) is 21.0. The summed E-state index contributed by atoms with van der Waals surface area (Å²) in [4.78, 5) is 41.6. The quantitative estimate of drug-likeness (QED) is 0.326. The molecule has 0 bridgehead atoms. The van der Waals surface area contributed by atoms with Crippen molar-refractivity contribution < 1.29 is 23.9 Å². The first kappa shape index (κ1) is 25.5. The molecule has 0 saturated carbocycles. The van der Waals surface area contributed by atoms with Crippen LogP contribution in [-0.2, 0) is 20.7 Å². The molecule has 0 aliphatic rings. The number of benzene rings is 3. The molecular formula is C29H29N3O5. The minimum Gasteiger partial charge on any atom is -0.497 e. The van der Waals surface area contributed by atoms with Gasteiger partial charge in [0.15, 0.2) is 6.61 Å². The van der Waals surface area contributed by atoms with Gasteiger partial charge in [-0.2, -0.15) is 0 Å². The summed E-state index contributed by atoms with van der Waals surface area (Å²) < 4.78 is 10.5. The maximum Gasteiger partial charge on any atom is 0.306 e. The van der Waals surface area contributed by atoms with Crippen LogP contribution in [0.4, 0.5) is 5.69 Å². The number of ether oxygens (including phenoxy) is 2. The Morgan fingerprint density at radius 2 is 1.62 bits per heavy atom. The van der Waals surface area contributed by atoms with Gasteiger partial charge in [-0.15, -0.1) is 0 Å². The second kappa shape index (κ2) is 11.4. The van der Waals surface area contributed by atoms with Crippen molar-refractivity contribution >= 4 is 34.4 Å². The molecule has 0 fully saturated rings. The largest absolute Gasteiger partial charge is 0.497 e. The fourth-order valence-corrected chi connectivity index (χ4v) is 4.06. The van der Waals surface area contributed by atoms with Gasteiger partial charge in [0.2, 0.25) is 0 Å². The Morgan fingerprint density at radius 3 is 2.30 bits per heavy atom. The molecule has 0 spiro atoms. The van der Waals surface area contributed by atoms with Crippen LogP contribution >= 0.6 is 0 Å². The Hall–Kier alpha value is -4.59. The van der Waals surface area contributed by atoms with Crippen LogP contribution in [0.5, 0.6) is 5.75 Å². The number of carbonyl (C=O) groups excluding carboxylic acids is 3. The molecule has 4 aromatic rings. The van der Waals surface area contributed by atoms with E-state index in [-0.39, 0.29) is 12.3 Å². The Morgan fingerprint density at radius 1 is 0.919 bits per heavy atom. The summed E-state index contributed by atoms with van der Waals surface area (Å²) in [7, 11) is 4.97. The normalized spacial score (nSPS) is 10.7. The number of nitrogens with zero attached hydrogens (tertiary/aromatic N) is 1. The first-order valence-electron chi connectivity index (χ1n) is 11.9. The SMILES string of the molecule is COc1ccc(-c2[nH]c3ccccc3c2CCC(=O)OCC(=O)Nc2ccc(C(=O)N(C)C)cc2)cc1. The Bertz CT molecular complexity index is 1410. The second-order valence-corrected chi connectivity index (χ2v) is 8.74. The van der Waals surface area contributed by atoms with Gasteiger partial charge in [0.05, 0.1) is 7.11 Å². The molecule has 2 N–H and O–H groups in total. The molecule has 0 atom stereocenters. The van der Waals surface area contributed by atoms with Gasteiger partial charge >= 0.3 is 5.97 Å². The van der Waals surface area contributed by atoms with Crippen molar-refractivity contribution in [2.45, 2.75) is 12.8 Å². The lowest BCUT2D eigenvalue weighted by Gasteiger charge is -2.11. The molecule has 2 amide bonds. The molecular weight excluding hydrogens is 470 g/mol. The van der Waals surface area contributed by atoms with Gasteiger partial charge < -0.3 is 24.7 Å². The monoisotopic (exact) mass is 499 g/mol.